The first kappa shape index (κ1) is 15.5. The summed E-state index contributed by atoms with van der Waals surface area (Å²) < 4.78 is 2.49. The first-order chi connectivity index (χ1) is 9.19. The van der Waals surface area contributed by atoms with Gasteiger partial charge in [0.2, 0.25) is 0 Å². The molecule has 0 spiro atoms. The number of hydrogen-bond acceptors (Lipinski definition) is 2. The summed E-state index contributed by atoms with van der Waals surface area (Å²) in [6.07, 6.45) is 2.21. The Morgan fingerprint density at radius 3 is 2.53 bits per heavy atom. The van der Waals surface area contributed by atoms with Crippen molar-refractivity contribution in [2.75, 3.05) is 6.54 Å². The second kappa shape index (κ2) is 7.76. The molecule has 0 amide bonds. The minimum Gasteiger partial charge on any atom is -0.309 e. The SMILES string of the molecule is CCCNC(Cc1ccc(I)cc1)c1ccc(Br)s1. The van der Waals surface area contributed by atoms with E-state index in [1.807, 2.05) is 11.3 Å². The highest BCUT2D eigenvalue weighted by Gasteiger charge is 2.13. The fourth-order valence-electron chi connectivity index (χ4n) is 1.96. The molecule has 0 fully saturated rings. The molecule has 0 saturated carbocycles. The summed E-state index contributed by atoms with van der Waals surface area (Å²) >= 11 is 7.72. The van der Waals surface area contributed by atoms with Gasteiger partial charge < -0.3 is 5.32 Å². The van der Waals surface area contributed by atoms with Gasteiger partial charge in [-0.2, -0.15) is 0 Å². The molecule has 2 rings (SSSR count). The zero-order valence-corrected chi connectivity index (χ0v) is 15.4. The molecule has 19 heavy (non-hydrogen) atoms. The van der Waals surface area contributed by atoms with Gasteiger partial charge >= 0.3 is 0 Å². The quantitative estimate of drug-likeness (QED) is 0.582. The molecule has 1 aromatic carbocycles. The molecule has 102 valence electrons. The number of hydrogen-bond donors (Lipinski definition) is 1. The van der Waals surface area contributed by atoms with Gasteiger partial charge in [0.05, 0.1) is 3.79 Å². The van der Waals surface area contributed by atoms with Gasteiger partial charge in [-0.25, -0.2) is 0 Å². The lowest BCUT2D eigenvalue weighted by Gasteiger charge is -2.17. The molecule has 1 nitrogen and oxygen atoms in total. The highest BCUT2D eigenvalue weighted by Crippen LogP contribution is 2.29. The predicted octanol–water partition coefficient (Wildman–Crippen LogP) is 5.40. The van der Waals surface area contributed by atoms with Gasteiger partial charge in [-0.1, -0.05) is 19.1 Å². The van der Waals surface area contributed by atoms with Gasteiger partial charge in [-0.15, -0.1) is 11.3 Å². The number of halogens is 2. The lowest BCUT2D eigenvalue weighted by Crippen LogP contribution is -2.23. The van der Waals surface area contributed by atoms with E-state index in [1.54, 1.807) is 0 Å². The largest absolute Gasteiger partial charge is 0.309 e. The van der Waals surface area contributed by atoms with Crippen LogP contribution in [0.5, 0.6) is 0 Å². The van der Waals surface area contributed by atoms with Gasteiger partial charge in [-0.05, 0) is 87.7 Å². The van der Waals surface area contributed by atoms with Crippen LogP contribution in [0.15, 0.2) is 40.2 Å². The lowest BCUT2D eigenvalue weighted by atomic mass is 10.0. The third kappa shape index (κ3) is 4.85. The van der Waals surface area contributed by atoms with Crippen LogP contribution in [0.25, 0.3) is 0 Å². The Morgan fingerprint density at radius 2 is 1.95 bits per heavy atom. The second-order valence-electron chi connectivity index (χ2n) is 4.48. The summed E-state index contributed by atoms with van der Waals surface area (Å²) in [7, 11) is 0. The highest BCUT2D eigenvalue weighted by atomic mass is 127. The third-order valence-corrected chi connectivity index (χ3v) is 5.39. The van der Waals surface area contributed by atoms with Gasteiger partial charge in [0.1, 0.15) is 0 Å². The maximum Gasteiger partial charge on any atom is 0.0701 e. The van der Waals surface area contributed by atoms with Crippen LogP contribution in [0.2, 0.25) is 0 Å². The van der Waals surface area contributed by atoms with E-state index in [1.165, 1.54) is 17.8 Å². The summed E-state index contributed by atoms with van der Waals surface area (Å²) in [6, 6.07) is 13.6. The van der Waals surface area contributed by atoms with Crippen LogP contribution < -0.4 is 5.32 Å². The molecule has 0 aliphatic rings. The molecule has 2 aromatic rings. The monoisotopic (exact) mass is 449 g/mol. The van der Waals surface area contributed by atoms with Gasteiger partial charge in [-0.3, -0.25) is 0 Å². The number of nitrogens with one attached hydrogen (secondary N) is 1. The molecular weight excluding hydrogens is 433 g/mol. The standard InChI is InChI=1S/C15H17BrINS/c1-2-9-18-13(14-7-8-15(16)19-14)10-11-3-5-12(17)6-4-11/h3-8,13,18H,2,9-10H2,1H3. The van der Waals surface area contributed by atoms with E-state index in [0.717, 1.165) is 19.4 Å². The van der Waals surface area contributed by atoms with Crippen molar-refractivity contribution in [2.45, 2.75) is 25.8 Å². The van der Waals surface area contributed by atoms with E-state index in [-0.39, 0.29) is 0 Å². The molecule has 1 atom stereocenters. The topological polar surface area (TPSA) is 12.0 Å². The molecule has 1 heterocycles. The van der Waals surface area contributed by atoms with E-state index in [4.69, 9.17) is 0 Å². The molecule has 0 radical (unpaired) electrons. The molecule has 4 heteroatoms. The van der Waals surface area contributed by atoms with E-state index in [2.05, 4.69) is 87.2 Å². The maximum absolute atomic E-state index is 3.65. The molecule has 0 bridgehead atoms. The van der Waals surface area contributed by atoms with E-state index >= 15 is 0 Å². The second-order valence-corrected chi connectivity index (χ2v) is 8.22. The number of benzene rings is 1. The van der Waals surface area contributed by atoms with Crippen LogP contribution in [0.1, 0.15) is 29.8 Å². The molecule has 0 saturated heterocycles. The smallest absolute Gasteiger partial charge is 0.0701 e. The predicted molar refractivity (Wildman–Crippen MR) is 95.9 cm³/mol. The maximum atomic E-state index is 3.65. The fourth-order valence-corrected chi connectivity index (χ4v) is 3.82. The van der Waals surface area contributed by atoms with E-state index in [9.17, 15) is 0 Å². The van der Waals surface area contributed by atoms with Gasteiger partial charge in [0.15, 0.2) is 0 Å². The molecule has 0 aliphatic carbocycles. The van der Waals surface area contributed by atoms with Crippen LogP contribution in [0.3, 0.4) is 0 Å². The van der Waals surface area contributed by atoms with Crippen LogP contribution in [0, 0.1) is 3.57 Å². The summed E-state index contributed by atoms with van der Waals surface area (Å²) in [4.78, 5) is 1.40. The summed E-state index contributed by atoms with van der Waals surface area (Å²) in [5, 5.41) is 3.65. The first-order valence-corrected chi connectivity index (χ1v) is 9.11. The highest BCUT2D eigenvalue weighted by molar-refractivity contribution is 14.1. The normalized spacial score (nSPS) is 12.6. The average molecular weight is 450 g/mol. The first-order valence-electron chi connectivity index (χ1n) is 6.42. The molecule has 1 aromatic heterocycles. The Kier molecular flexibility index (Phi) is 6.32. The third-order valence-electron chi connectivity index (χ3n) is 2.93. The van der Waals surface area contributed by atoms with E-state index in [0.29, 0.717) is 6.04 Å². The van der Waals surface area contributed by atoms with Crippen molar-refractivity contribution in [3.8, 4) is 0 Å². The Hall–Kier alpha value is 0.0900. The van der Waals surface area contributed by atoms with Crippen LogP contribution in [-0.4, -0.2) is 6.54 Å². The lowest BCUT2D eigenvalue weighted by molar-refractivity contribution is 0.536. The summed E-state index contributed by atoms with van der Waals surface area (Å²) in [5.74, 6) is 0. The van der Waals surface area contributed by atoms with Crippen LogP contribution >= 0.6 is 49.9 Å². The zero-order valence-electron chi connectivity index (χ0n) is 10.8. The van der Waals surface area contributed by atoms with Crippen molar-refractivity contribution in [3.63, 3.8) is 0 Å². The minimum absolute atomic E-state index is 0.413. The van der Waals surface area contributed by atoms with Crippen molar-refractivity contribution >= 4 is 49.9 Å². The van der Waals surface area contributed by atoms with Crippen LogP contribution in [0.4, 0.5) is 0 Å². The van der Waals surface area contributed by atoms with Crippen LogP contribution in [-0.2, 0) is 6.42 Å². The Balaban J connectivity index is 2.11. The Bertz CT molecular complexity index is 509. The number of rotatable bonds is 6. The molecular formula is C15H17BrINS. The Morgan fingerprint density at radius 1 is 1.21 bits per heavy atom. The molecule has 0 aliphatic heterocycles. The van der Waals surface area contributed by atoms with Gasteiger partial charge in [0.25, 0.3) is 0 Å². The Labute approximate surface area is 141 Å². The van der Waals surface area contributed by atoms with Gasteiger partial charge in [0, 0.05) is 14.5 Å². The van der Waals surface area contributed by atoms with Crippen molar-refractivity contribution in [1.29, 1.82) is 0 Å². The average Bonchev–Trinajstić information content (AvgIpc) is 2.83. The summed E-state index contributed by atoms with van der Waals surface area (Å²) in [6.45, 7) is 3.27. The van der Waals surface area contributed by atoms with Crippen molar-refractivity contribution < 1.29 is 0 Å². The number of thiophene rings is 1. The molecule has 1 unspecified atom stereocenters. The minimum atomic E-state index is 0.413. The van der Waals surface area contributed by atoms with Crippen molar-refractivity contribution in [3.05, 3.63) is 54.2 Å². The summed E-state index contributed by atoms with van der Waals surface area (Å²) in [5.41, 5.74) is 1.39. The molecule has 1 N–H and O–H groups in total. The fraction of sp³-hybridized carbons (Fsp3) is 0.333. The van der Waals surface area contributed by atoms with Crippen molar-refractivity contribution in [2.24, 2.45) is 0 Å². The van der Waals surface area contributed by atoms with E-state index < -0.39 is 0 Å². The van der Waals surface area contributed by atoms with Crippen molar-refractivity contribution in [1.82, 2.24) is 5.32 Å². The zero-order chi connectivity index (χ0) is 13.7.